The molecule has 3 nitrogen and oxygen atoms in total. The molecule has 1 saturated carbocycles. The van der Waals surface area contributed by atoms with E-state index in [1.807, 2.05) is 11.3 Å². The summed E-state index contributed by atoms with van der Waals surface area (Å²) in [5.74, 6) is 0.327. The van der Waals surface area contributed by atoms with Crippen LogP contribution in [0.25, 0.3) is 36.9 Å². The van der Waals surface area contributed by atoms with Crippen LogP contribution in [0.4, 0.5) is 45.5 Å². The van der Waals surface area contributed by atoms with Crippen LogP contribution < -0.4 is 31.1 Å². The van der Waals surface area contributed by atoms with Gasteiger partial charge in [0.15, 0.2) is 0 Å². The molecule has 3 atom stereocenters. The average Bonchev–Trinajstić information content (AvgIpc) is 1.01. The van der Waals surface area contributed by atoms with Gasteiger partial charge in [0.25, 0.3) is 6.71 Å². The van der Waals surface area contributed by atoms with Gasteiger partial charge in [-0.15, -0.1) is 11.3 Å². The molecule has 10 aromatic rings. The second-order valence-electron chi connectivity index (χ2n) is 29.3. The number of anilines is 8. The van der Waals surface area contributed by atoms with Gasteiger partial charge >= 0.3 is 0 Å². The van der Waals surface area contributed by atoms with Crippen LogP contribution in [-0.2, 0) is 27.1 Å². The Morgan fingerprint density at radius 2 is 0.988 bits per heavy atom. The first kappa shape index (κ1) is 49.8. The summed E-state index contributed by atoms with van der Waals surface area (Å²) in [6.45, 7) is 25.2. The minimum Gasteiger partial charge on any atom is -0.334 e. The highest BCUT2D eigenvalue weighted by Crippen LogP contribution is 2.64. The van der Waals surface area contributed by atoms with E-state index in [1.165, 1.54) is 168 Å². The van der Waals surface area contributed by atoms with Gasteiger partial charge in [0.2, 0.25) is 0 Å². The predicted octanol–water partition coefficient (Wildman–Crippen LogP) is 19.4. The van der Waals surface area contributed by atoms with Crippen LogP contribution in [-0.4, -0.2) is 12.3 Å². The van der Waals surface area contributed by atoms with Crippen LogP contribution >= 0.6 is 11.3 Å². The number of hydrogen-bond acceptors (Lipinski definition) is 4. The lowest BCUT2D eigenvalue weighted by molar-refractivity contribution is 0.195. The first-order chi connectivity index (χ1) is 40.4. The van der Waals surface area contributed by atoms with Crippen molar-refractivity contribution in [3.63, 3.8) is 0 Å². The van der Waals surface area contributed by atoms with E-state index < -0.39 is 0 Å². The molecule has 4 heterocycles. The molecule has 1 aromatic heterocycles. The van der Waals surface area contributed by atoms with Crippen LogP contribution in [0.1, 0.15) is 164 Å². The lowest BCUT2D eigenvalue weighted by Crippen LogP contribution is -2.62. The molecule has 0 N–H and O–H groups in total. The molecule has 0 radical (unpaired) electrons. The van der Waals surface area contributed by atoms with Crippen molar-refractivity contribution >= 4 is 106 Å². The lowest BCUT2D eigenvalue weighted by atomic mass is 9.32. The van der Waals surface area contributed by atoms with Crippen molar-refractivity contribution < 1.29 is 0 Å². The van der Waals surface area contributed by atoms with Gasteiger partial charge in [-0.2, -0.15) is 0 Å². The molecule has 0 bridgehead atoms. The Morgan fingerprint density at radius 3 is 1.74 bits per heavy atom. The van der Waals surface area contributed by atoms with Gasteiger partial charge in [-0.05, 0) is 170 Å². The summed E-state index contributed by atoms with van der Waals surface area (Å²) in [5.41, 5.74) is 31.1. The molecule has 412 valence electrons. The van der Waals surface area contributed by atoms with Gasteiger partial charge in [0.05, 0.1) is 21.6 Å². The molecule has 3 aliphatic heterocycles. The molecular formula is C79H72BN3S. The smallest absolute Gasteiger partial charge is 0.252 e. The monoisotopic (exact) mass is 1110 g/mol. The number of hydrogen-bond donors (Lipinski definition) is 0. The minimum atomic E-state index is -0.255. The third-order valence-electron chi connectivity index (χ3n) is 23.4. The summed E-state index contributed by atoms with van der Waals surface area (Å²) < 4.78 is 2.66. The second-order valence-corrected chi connectivity index (χ2v) is 30.3. The van der Waals surface area contributed by atoms with E-state index in [2.05, 4.69) is 260 Å². The molecule has 18 rings (SSSR count). The fraction of sp³-hybridized carbons (Fsp3) is 0.291. The van der Waals surface area contributed by atoms with Crippen molar-refractivity contribution in [3.8, 4) is 11.1 Å². The van der Waals surface area contributed by atoms with Crippen molar-refractivity contribution in [2.75, 3.05) is 14.7 Å². The standard InChI is InChI=1S/C79H72BN3S/c1-74(2)37-38-75(3,4)58-44-66-61(42-57(58)74)80-62-43-59-60(77(7,8)55-29-15-14-28-54(55)76(59,5)6)45-67(62)82(65-33-22-27-51-49-25-13-18-34-70(49)84-73(51)65)69-40-46(83-63-31-17-16-30-56(63)78(9)35-19-20-36-79(78,83)10)39-68(72(69)80)81(66)64-32-21-26-50-47-23-11-12-24-48(47)52-41-53(52)71(50)64/h11-18,21-34,39-45,52H,19-20,35-38H2,1-10H3. The van der Waals surface area contributed by atoms with Gasteiger partial charge in [0, 0.05) is 77.3 Å². The highest BCUT2D eigenvalue weighted by Gasteiger charge is 2.59. The summed E-state index contributed by atoms with van der Waals surface area (Å²) in [6, 6.07) is 68.0. The van der Waals surface area contributed by atoms with E-state index in [9.17, 15) is 0 Å². The quantitative estimate of drug-likeness (QED) is 0.163. The summed E-state index contributed by atoms with van der Waals surface area (Å²) in [7, 11) is 0. The highest BCUT2D eigenvalue weighted by atomic mass is 32.1. The van der Waals surface area contributed by atoms with Crippen molar-refractivity contribution in [2.24, 2.45) is 0 Å². The lowest BCUT2D eigenvalue weighted by Gasteiger charge is -2.52. The maximum atomic E-state index is 2.86. The van der Waals surface area contributed by atoms with E-state index in [0.29, 0.717) is 5.92 Å². The molecule has 0 spiro atoms. The Labute approximate surface area is 500 Å². The molecule has 1 fully saturated rings. The third kappa shape index (κ3) is 6.15. The van der Waals surface area contributed by atoms with E-state index >= 15 is 0 Å². The predicted molar refractivity (Wildman–Crippen MR) is 358 cm³/mol. The topological polar surface area (TPSA) is 9.72 Å². The molecule has 9 aromatic carbocycles. The second kappa shape index (κ2) is 16.2. The Bertz CT molecular complexity index is 4660. The van der Waals surface area contributed by atoms with Crippen LogP contribution in [0.5, 0.6) is 0 Å². The Hall–Kier alpha value is -7.60. The van der Waals surface area contributed by atoms with E-state index in [-0.39, 0.29) is 39.3 Å². The molecular weight excluding hydrogens is 1030 g/mol. The van der Waals surface area contributed by atoms with Crippen molar-refractivity contribution in [2.45, 2.75) is 146 Å². The maximum Gasteiger partial charge on any atom is 0.252 e. The van der Waals surface area contributed by atoms with Crippen LogP contribution in [0.15, 0.2) is 176 Å². The van der Waals surface area contributed by atoms with E-state index in [4.69, 9.17) is 0 Å². The van der Waals surface area contributed by atoms with Crippen LogP contribution in [0, 0.1) is 0 Å². The fourth-order valence-corrected chi connectivity index (χ4v) is 19.7. The summed E-state index contributed by atoms with van der Waals surface area (Å²) in [4.78, 5) is 8.48. The first-order valence-corrected chi connectivity index (χ1v) is 32.2. The van der Waals surface area contributed by atoms with E-state index in [0.717, 1.165) is 19.3 Å². The highest BCUT2D eigenvalue weighted by molar-refractivity contribution is 7.26. The Kier molecular flexibility index (Phi) is 9.62. The number of para-hydroxylation sites is 1. The summed E-state index contributed by atoms with van der Waals surface area (Å²) in [6.07, 6.45) is 9.62. The van der Waals surface area contributed by atoms with Crippen LogP contribution in [0.2, 0.25) is 0 Å². The number of thiophene rings is 1. The van der Waals surface area contributed by atoms with Gasteiger partial charge in [-0.1, -0.05) is 203 Å². The van der Waals surface area contributed by atoms with Crippen molar-refractivity contribution in [3.05, 3.63) is 226 Å². The van der Waals surface area contributed by atoms with Gasteiger partial charge < -0.3 is 14.7 Å². The number of rotatable bonds is 3. The van der Waals surface area contributed by atoms with Gasteiger partial charge in [-0.25, -0.2) is 0 Å². The van der Waals surface area contributed by atoms with Crippen LogP contribution in [0.3, 0.4) is 0 Å². The van der Waals surface area contributed by atoms with Crippen molar-refractivity contribution in [1.29, 1.82) is 0 Å². The number of allylic oxidation sites excluding steroid dienone is 2. The molecule has 0 amide bonds. The zero-order chi connectivity index (χ0) is 56.9. The molecule has 84 heavy (non-hydrogen) atoms. The summed E-state index contributed by atoms with van der Waals surface area (Å²) >= 11 is 1.96. The van der Waals surface area contributed by atoms with Gasteiger partial charge in [0.1, 0.15) is 0 Å². The van der Waals surface area contributed by atoms with E-state index in [1.54, 1.807) is 0 Å². The largest absolute Gasteiger partial charge is 0.334 e. The molecule has 0 saturated heterocycles. The Balaban J connectivity index is 1.03. The average molecular weight is 1110 g/mol. The summed E-state index contributed by atoms with van der Waals surface area (Å²) in [5, 5.41) is 2.65. The van der Waals surface area contributed by atoms with Gasteiger partial charge in [-0.3, -0.25) is 0 Å². The van der Waals surface area contributed by atoms with Crippen molar-refractivity contribution in [1.82, 2.24) is 0 Å². The number of fused-ring (bicyclic) bond motifs is 19. The number of nitrogens with zero attached hydrogens (tertiary/aromatic N) is 3. The maximum absolute atomic E-state index is 2.86. The zero-order valence-electron chi connectivity index (χ0n) is 50.4. The Morgan fingerprint density at radius 1 is 0.440 bits per heavy atom. The molecule has 5 aliphatic carbocycles. The SMILES string of the molecule is CC1(C)CCC(C)(C)c2cc3c(cc21)B1c2cc4c(cc2N(c2cccc5c2sc2ccccc25)c2cc(N5c6ccccc6C6(C)CCCCC56C)cc(c21)N3c1cccc2c1C1=CC1c1ccccc1-2)C(C)(C)c1ccccc1C4(C)C. The molecule has 8 aliphatic rings. The molecule has 3 unspecified atom stereocenters. The zero-order valence-corrected chi connectivity index (χ0v) is 51.2. The first-order valence-electron chi connectivity index (χ1n) is 31.4. The third-order valence-corrected chi connectivity index (χ3v) is 24.6. The fourth-order valence-electron chi connectivity index (χ4n) is 18.5. The molecule has 5 heteroatoms. The number of benzene rings is 9. The normalized spacial score (nSPS) is 23.2. The minimum absolute atomic E-state index is 0.00346.